The highest BCUT2D eigenvalue weighted by Crippen LogP contribution is 2.58. The number of amides is 1. The molecule has 6 nitrogen and oxygen atoms in total. The van der Waals surface area contributed by atoms with Crippen molar-refractivity contribution in [2.75, 3.05) is 44.8 Å². The molecule has 182 valence electrons. The zero-order valence-corrected chi connectivity index (χ0v) is 20.1. The fraction of sp³-hybridized carbons (Fsp3) is 0.630. The van der Waals surface area contributed by atoms with Gasteiger partial charge < -0.3 is 14.8 Å². The van der Waals surface area contributed by atoms with Gasteiger partial charge in [-0.2, -0.15) is 0 Å². The van der Waals surface area contributed by atoms with Crippen LogP contribution in [0.5, 0.6) is 0 Å². The molecule has 1 amide bonds. The monoisotopic (exact) mass is 467 g/mol. The number of anilines is 1. The van der Waals surface area contributed by atoms with Gasteiger partial charge in [-0.15, -0.1) is 0 Å². The third-order valence-electron chi connectivity index (χ3n) is 8.99. The topological polar surface area (TPSA) is 63.7 Å². The lowest BCUT2D eigenvalue weighted by Crippen LogP contribution is -2.55. The highest BCUT2D eigenvalue weighted by Gasteiger charge is 2.59. The first-order valence-corrected chi connectivity index (χ1v) is 12.6. The first-order valence-electron chi connectivity index (χ1n) is 12.6. The van der Waals surface area contributed by atoms with Gasteiger partial charge in [0.05, 0.1) is 25.4 Å². The Kier molecular flexibility index (Phi) is 5.43. The molecule has 1 N–H and O–H groups in total. The van der Waals surface area contributed by atoms with Crippen LogP contribution >= 0.6 is 0 Å². The molecule has 1 aromatic carbocycles. The molecule has 0 bridgehead atoms. The maximum atomic E-state index is 14.5. The number of hydrogen-bond acceptors (Lipinski definition) is 5. The summed E-state index contributed by atoms with van der Waals surface area (Å²) in [6.45, 7) is 8.08. The number of aromatic nitrogens is 1. The van der Waals surface area contributed by atoms with Crippen molar-refractivity contribution in [1.29, 1.82) is 0 Å². The predicted octanol–water partition coefficient (Wildman–Crippen LogP) is 4.21. The molecule has 1 aromatic heterocycles. The summed E-state index contributed by atoms with van der Waals surface area (Å²) in [5, 5.41) is 5.23. The van der Waals surface area contributed by atoms with Crippen molar-refractivity contribution in [2.24, 2.45) is 11.3 Å². The van der Waals surface area contributed by atoms with Crippen molar-refractivity contribution in [3.05, 3.63) is 35.5 Å². The van der Waals surface area contributed by atoms with Crippen LogP contribution in [-0.2, 0) is 14.3 Å². The Morgan fingerprint density at radius 3 is 2.71 bits per heavy atom. The second-order valence-electron chi connectivity index (χ2n) is 11.1. The second kappa shape index (κ2) is 8.25. The van der Waals surface area contributed by atoms with E-state index in [1.165, 1.54) is 11.1 Å². The van der Waals surface area contributed by atoms with E-state index in [0.29, 0.717) is 24.9 Å². The molecule has 34 heavy (non-hydrogen) atoms. The zero-order chi connectivity index (χ0) is 23.5. The van der Waals surface area contributed by atoms with Crippen molar-refractivity contribution < 1.29 is 18.7 Å². The van der Waals surface area contributed by atoms with Gasteiger partial charge in [-0.05, 0) is 87.2 Å². The molecular weight excluding hydrogens is 433 g/mol. The molecule has 4 atom stereocenters. The maximum Gasteiger partial charge on any atom is 0.229 e. The lowest BCUT2D eigenvalue weighted by atomic mass is 9.83. The van der Waals surface area contributed by atoms with Crippen molar-refractivity contribution in [3.63, 3.8) is 0 Å². The number of piperidine rings is 1. The van der Waals surface area contributed by atoms with Gasteiger partial charge in [0.1, 0.15) is 12.0 Å². The van der Waals surface area contributed by atoms with Crippen LogP contribution in [0.25, 0.3) is 10.8 Å². The summed E-state index contributed by atoms with van der Waals surface area (Å²) in [4.78, 5) is 19.6. The third-order valence-corrected chi connectivity index (χ3v) is 8.99. The molecule has 3 aliphatic heterocycles. The SMILES string of the molecule is Cc1cc2cnc(NC(=O)[C@H]3CC34CCOC4)cc2cc1C1CCN([C@]2(C)COC[C@@H]2F)CC1. The molecule has 2 aromatic rings. The second-order valence-corrected chi connectivity index (χ2v) is 11.1. The Hall–Kier alpha value is -2.09. The highest BCUT2D eigenvalue weighted by molar-refractivity contribution is 5.96. The molecule has 4 heterocycles. The van der Waals surface area contributed by atoms with E-state index < -0.39 is 11.7 Å². The molecule has 1 aliphatic carbocycles. The van der Waals surface area contributed by atoms with E-state index in [1.54, 1.807) is 0 Å². The lowest BCUT2D eigenvalue weighted by Gasteiger charge is -2.43. The minimum Gasteiger partial charge on any atom is -0.381 e. The van der Waals surface area contributed by atoms with Crippen LogP contribution in [0.3, 0.4) is 0 Å². The average Bonchev–Trinajstić information content (AvgIpc) is 3.14. The Bertz CT molecular complexity index is 1110. The summed E-state index contributed by atoms with van der Waals surface area (Å²) >= 11 is 0. The minimum absolute atomic E-state index is 0.0438. The van der Waals surface area contributed by atoms with Gasteiger partial charge >= 0.3 is 0 Å². The highest BCUT2D eigenvalue weighted by atomic mass is 19.1. The summed E-state index contributed by atoms with van der Waals surface area (Å²) < 4.78 is 25.4. The number of fused-ring (bicyclic) bond motifs is 1. The van der Waals surface area contributed by atoms with E-state index in [1.807, 2.05) is 19.2 Å². The fourth-order valence-electron chi connectivity index (χ4n) is 6.45. The van der Waals surface area contributed by atoms with Gasteiger partial charge in [0.2, 0.25) is 5.91 Å². The number of carbonyl (C=O) groups excluding carboxylic acids is 1. The Morgan fingerprint density at radius 1 is 1.18 bits per heavy atom. The van der Waals surface area contributed by atoms with E-state index in [0.717, 1.165) is 56.2 Å². The summed E-state index contributed by atoms with van der Waals surface area (Å²) in [5.74, 6) is 1.17. The molecule has 7 heteroatoms. The van der Waals surface area contributed by atoms with Crippen LogP contribution in [0.1, 0.15) is 49.7 Å². The molecule has 3 saturated heterocycles. The maximum absolute atomic E-state index is 14.5. The fourth-order valence-corrected chi connectivity index (χ4v) is 6.45. The summed E-state index contributed by atoms with van der Waals surface area (Å²) in [7, 11) is 0. The van der Waals surface area contributed by atoms with Crippen molar-refractivity contribution in [3.8, 4) is 0 Å². The van der Waals surface area contributed by atoms with E-state index in [4.69, 9.17) is 9.47 Å². The molecule has 6 rings (SSSR count). The normalized spacial score (nSPS) is 34.2. The third kappa shape index (κ3) is 3.73. The molecule has 4 aliphatic rings. The number of carbonyl (C=O) groups is 1. The van der Waals surface area contributed by atoms with Crippen LogP contribution in [0.15, 0.2) is 24.4 Å². The van der Waals surface area contributed by atoms with E-state index in [9.17, 15) is 9.18 Å². The summed E-state index contributed by atoms with van der Waals surface area (Å²) in [5.41, 5.74) is 2.20. The van der Waals surface area contributed by atoms with Gasteiger partial charge in [0.15, 0.2) is 0 Å². The number of nitrogens with one attached hydrogen (secondary N) is 1. The number of hydrogen-bond donors (Lipinski definition) is 1. The van der Waals surface area contributed by atoms with Crippen LogP contribution in [0.2, 0.25) is 0 Å². The lowest BCUT2D eigenvalue weighted by molar-refractivity contribution is -0.118. The molecule has 0 radical (unpaired) electrons. The predicted molar refractivity (Wildman–Crippen MR) is 129 cm³/mol. The molecule has 4 fully saturated rings. The number of alkyl halides is 1. The van der Waals surface area contributed by atoms with E-state index in [2.05, 4.69) is 34.3 Å². The van der Waals surface area contributed by atoms with Crippen molar-refractivity contribution in [2.45, 2.75) is 57.2 Å². The van der Waals surface area contributed by atoms with Crippen LogP contribution in [-0.4, -0.2) is 67.0 Å². The number of aryl methyl sites for hydroxylation is 1. The standard InChI is InChI=1S/C27H34FN3O3/c1-17-9-20-13-29-24(30-25(32)22-12-27(22)5-8-33-16-27)11-19(20)10-21(17)18-3-6-31(7-4-18)26(2)15-34-14-23(26)28/h9-11,13,18,22-23H,3-8,12,14-16H2,1-2H3,(H,29,30,32)/t22-,23+,26-,27?/m1/s1. The number of ether oxygens (including phenoxy) is 2. The summed E-state index contributed by atoms with van der Waals surface area (Å²) in [6, 6.07) is 6.46. The minimum atomic E-state index is -0.917. The number of likely N-dealkylation sites (tertiary alicyclic amines) is 1. The number of benzene rings is 1. The van der Waals surface area contributed by atoms with Gasteiger partial charge in [-0.3, -0.25) is 9.69 Å². The largest absolute Gasteiger partial charge is 0.381 e. The number of rotatable bonds is 4. The molecule has 1 saturated carbocycles. The van der Waals surface area contributed by atoms with Crippen molar-refractivity contribution in [1.82, 2.24) is 9.88 Å². The van der Waals surface area contributed by atoms with Crippen LogP contribution < -0.4 is 5.32 Å². The Balaban J connectivity index is 1.16. The summed E-state index contributed by atoms with van der Waals surface area (Å²) in [6.07, 6.45) is 4.86. The van der Waals surface area contributed by atoms with Gasteiger partial charge in [-0.1, -0.05) is 6.07 Å². The van der Waals surface area contributed by atoms with Gasteiger partial charge in [0, 0.05) is 29.5 Å². The molecule has 1 unspecified atom stereocenters. The Morgan fingerprint density at radius 2 is 2.00 bits per heavy atom. The van der Waals surface area contributed by atoms with E-state index >= 15 is 0 Å². The Labute approximate surface area is 200 Å². The molecule has 1 spiro atoms. The molecular formula is C27H34FN3O3. The van der Waals surface area contributed by atoms with Crippen molar-refractivity contribution >= 4 is 22.5 Å². The quantitative estimate of drug-likeness (QED) is 0.730. The number of pyridine rings is 1. The smallest absolute Gasteiger partial charge is 0.229 e. The first kappa shape index (κ1) is 22.4. The zero-order valence-electron chi connectivity index (χ0n) is 20.1. The van der Waals surface area contributed by atoms with Crippen LogP contribution in [0, 0.1) is 18.3 Å². The van der Waals surface area contributed by atoms with Gasteiger partial charge in [-0.25, -0.2) is 9.37 Å². The average molecular weight is 468 g/mol. The number of nitrogens with zero attached hydrogens (tertiary/aromatic N) is 2. The van der Waals surface area contributed by atoms with E-state index in [-0.39, 0.29) is 23.8 Å². The van der Waals surface area contributed by atoms with Gasteiger partial charge in [0.25, 0.3) is 0 Å². The first-order chi connectivity index (χ1) is 16.4. The number of halogens is 1. The van der Waals surface area contributed by atoms with Crippen LogP contribution in [0.4, 0.5) is 10.2 Å².